The van der Waals surface area contributed by atoms with E-state index in [9.17, 15) is 9.59 Å². The van der Waals surface area contributed by atoms with Crippen molar-refractivity contribution in [1.29, 1.82) is 0 Å². The fourth-order valence-electron chi connectivity index (χ4n) is 3.51. The van der Waals surface area contributed by atoms with Crippen molar-refractivity contribution in [1.82, 2.24) is 19.9 Å². The molecule has 3 heterocycles. The summed E-state index contributed by atoms with van der Waals surface area (Å²) in [7, 11) is 0. The molecule has 5 aromatic rings. The van der Waals surface area contributed by atoms with Crippen molar-refractivity contribution in [3.8, 4) is 22.6 Å². The van der Waals surface area contributed by atoms with Gasteiger partial charge in [-0.05, 0) is 48.5 Å². The second kappa shape index (κ2) is 9.80. The molecule has 0 aliphatic rings. The first-order valence-electron chi connectivity index (χ1n) is 10.9. The van der Waals surface area contributed by atoms with Gasteiger partial charge in [-0.15, -0.1) is 0 Å². The van der Waals surface area contributed by atoms with Gasteiger partial charge in [-0.2, -0.15) is 0 Å². The van der Waals surface area contributed by atoms with Crippen LogP contribution in [-0.4, -0.2) is 31.8 Å². The van der Waals surface area contributed by atoms with Crippen LogP contribution in [-0.2, 0) is 0 Å². The van der Waals surface area contributed by atoms with Crippen molar-refractivity contribution in [2.45, 2.75) is 0 Å². The lowest BCUT2D eigenvalue weighted by Gasteiger charge is -2.07. The molecule has 0 spiro atoms. The van der Waals surface area contributed by atoms with Gasteiger partial charge in [-0.3, -0.25) is 19.6 Å². The predicted molar refractivity (Wildman–Crippen MR) is 134 cm³/mol. The van der Waals surface area contributed by atoms with Crippen molar-refractivity contribution in [2.24, 2.45) is 0 Å². The Morgan fingerprint density at radius 1 is 0.629 bits per heavy atom. The Hall–Kier alpha value is -5.11. The number of aromatic amines is 1. The van der Waals surface area contributed by atoms with E-state index in [1.165, 1.54) is 0 Å². The van der Waals surface area contributed by atoms with Crippen LogP contribution in [0.2, 0.25) is 0 Å². The highest BCUT2D eigenvalue weighted by Gasteiger charge is 2.11. The monoisotopic (exact) mass is 460 g/mol. The van der Waals surface area contributed by atoms with Crippen LogP contribution in [0.3, 0.4) is 0 Å². The van der Waals surface area contributed by atoms with Crippen LogP contribution in [0.4, 0.5) is 11.4 Å². The lowest BCUT2D eigenvalue weighted by molar-refractivity contribution is 0.101. The number of pyridine rings is 2. The number of hydrogen-bond donors (Lipinski definition) is 3. The average molecular weight is 460 g/mol. The van der Waals surface area contributed by atoms with E-state index >= 15 is 0 Å². The van der Waals surface area contributed by atoms with Crippen molar-refractivity contribution in [2.75, 3.05) is 10.6 Å². The summed E-state index contributed by atoms with van der Waals surface area (Å²) in [4.78, 5) is 40.8. The Balaban J connectivity index is 1.32. The smallest absolute Gasteiger partial charge is 0.274 e. The van der Waals surface area contributed by atoms with E-state index in [0.29, 0.717) is 28.6 Å². The number of anilines is 2. The molecule has 35 heavy (non-hydrogen) atoms. The number of benzene rings is 2. The molecule has 0 unspecified atom stereocenters. The van der Waals surface area contributed by atoms with Crippen LogP contribution in [0, 0.1) is 0 Å². The second-order valence-electron chi connectivity index (χ2n) is 7.65. The summed E-state index contributed by atoms with van der Waals surface area (Å²) in [6, 6.07) is 25.2. The number of nitrogens with one attached hydrogen (secondary N) is 3. The molecular weight excluding hydrogens is 440 g/mol. The number of rotatable bonds is 6. The summed E-state index contributed by atoms with van der Waals surface area (Å²) in [5, 5.41) is 5.72. The zero-order chi connectivity index (χ0) is 24.0. The standard InChI is InChI=1S/C27H20N6O2/c34-26(22-11-1-3-13-28-22)31-20-9-5-7-18(15-20)24-17-30-25(33-24)19-8-6-10-21(16-19)32-27(35)23-12-2-4-14-29-23/h1-17H,(H,30,33)(H,31,34)(H,32,35). The zero-order valence-electron chi connectivity index (χ0n) is 18.5. The minimum Gasteiger partial charge on any atom is -0.338 e. The van der Waals surface area contributed by atoms with Crippen LogP contribution in [0.1, 0.15) is 21.0 Å². The topological polar surface area (TPSA) is 113 Å². The lowest BCUT2D eigenvalue weighted by atomic mass is 10.1. The van der Waals surface area contributed by atoms with Crippen molar-refractivity contribution in [3.05, 3.63) is 115 Å². The Bertz CT molecular complexity index is 1370. The van der Waals surface area contributed by atoms with Crippen LogP contribution < -0.4 is 10.6 Å². The molecule has 0 aliphatic carbocycles. The lowest BCUT2D eigenvalue weighted by Crippen LogP contribution is -2.13. The van der Waals surface area contributed by atoms with Gasteiger partial charge >= 0.3 is 0 Å². The van der Waals surface area contributed by atoms with Crippen molar-refractivity contribution < 1.29 is 9.59 Å². The van der Waals surface area contributed by atoms with Gasteiger partial charge in [-0.1, -0.05) is 36.4 Å². The van der Waals surface area contributed by atoms with Crippen molar-refractivity contribution in [3.63, 3.8) is 0 Å². The van der Waals surface area contributed by atoms with Crippen LogP contribution in [0.5, 0.6) is 0 Å². The number of imidazole rings is 1. The van der Waals surface area contributed by atoms with E-state index < -0.39 is 0 Å². The van der Waals surface area contributed by atoms with Crippen LogP contribution >= 0.6 is 0 Å². The van der Waals surface area contributed by atoms with Gasteiger partial charge in [0.15, 0.2) is 0 Å². The summed E-state index contributed by atoms with van der Waals surface area (Å²) in [5.41, 5.74) is 4.43. The fourth-order valence-corrected chi connectivity index (χ4v) is 3.51. The summed E-state index contributed by atoms with van der Waals surface area (Å²) in [6.45, 7) is 0. The Kier molecular flexibility index (Phi) is 6.08. The number of aromatic nitrogens is 4. The molecule has 0 atom stereocenters. The van der Waals surface area contributed by atoms with Crippen molar-refractivity contribution >= 4 is 23.2 Å². The number of carbonyl (C=O) groups excluding carboxylic acids is 2. The summed E-state index contributed by atoms with van der Waals surface area (Å²) in [6.07, 6.45) is 4.89. The Labute approximate surface area is 201 Å². The van der Waals surface area contributed by atoms with E-state index in [4.69, 9.17) is 0 Å². The molecule has 8 nitrogen and oxygen atoms in total. The third-order valence-corrected chi connectivity index (χ3v) is 5.20. The molecule has 170 valence electrons. The molecule has 0 radical (unpaired) electrons. The summed E-state index contributed by atoms with van der Waals surface area (Å²) in [5.74, 6) is 0.0851. The van der Waals surface area contributed by atoms with Gasteiger partial charge in [-0.25, -0.2) is 4.98 Å². The second-order valence-corrected chi connectivity index (χ2v) is 7.65. The van der Waals surface area contributed by atoms with Gasteiger partial charge in [0.25, 0.3) is 11.8 Å². The average Bonchev–Trinajstić information content (AvgIpc) is 3.41. The first-order chi connectivity index (χ1) is 17.2. The molecule has 2 aromatic carbocycles. The molecule has 2 amide bonds. The molecule has 0 fully saturated rings. The Morgan fingerprint density at radius 3 is 1.77 bits per heavy atom. The third-order valence-electron chi connectivity index (χ3n) is 5.20. The van der Waals surface area contributed by atoms with E-state index in [0.717, 1.165) is 16.8 Å². The zero-order valence-corrected chi connectivity index (χ0v) is 18.5. The number of carbonyl (C=O) groups is 2. The predicted octanol–water partition coefficient (Wildman–Crippen LogP) is 5.04. The number of amides is 2. The fraction of sp³-hybridized carbons (Fsp3) is 0. The maximum Gasteiger partial charge on any atom is 0.274 e. The first-order valence-corrected chi connectivity index (χ1v) is 10.9. The van der Waals surface area contributed by atoms with Gasteiger partial charge in [0.2, 0.25) is 0 Å². The largest absolute Gasteiger partial charge is 0.338 e. The van der Waals surface area contributed by atoms with Gasteiger partial charge < -0.3 is 15.6 Å². The third kappa shape index (κ3) is 5.12. The van der Waals surface area contributed by atoms with Gasteiger partial charge in [0.05, 0.1) is 11.9 Å². The molecule has 3 aromatic heterocycles. The van der Waals surface area contributed by atoms with E-state index in [1.54, 1.807) is 55.0 Å². The maximum atomic E-state index is 12.4. The number of nitrogens with zero attached hydrogens (tertiary/aromatic N) is 3. The number of hydrogen-bond acceptors (Lipinski definition) is 5. The maximum absolute atomic E-state index is 12.4. The first kappa shape index (κ1) is 21.7. The highest BCUT2D eigenvalue weighted by atomic mass is 16.2. The van der Waals surface area contributed by atoms with Crippen LogP contribution in [0.25, 0.3) is 22.6 Å². The Morgan fingerprint density at radius 2 is 1.20 bits per heavy atom. The van der Waals surface area contributed by atoms with Gasteiger partial charge in [0, 0.05) is 34.9 Å². The molecule has 5 rings (SSSR count). The normalized spacial score (nSPS) is 10.5. The quantitative estimate of drug-likeness (QED) is 0.329. The van der Waals surface area contributed by atoms with E-state index in [-0.39, 0.29) is 11.8 Å². The van der Waals surface area contributed by atoms with Crippen LogP contribution in [0.15, 0.2) is 104 Å². The highest BCUT2D eigenvalue weighted by molar-refractivity contribution is 6.03. The van der Waals surface area contributed by atoms with Gasteiger partial charge in [0.1, 0.15) is 17.2 Å². The molecule has 3 N–H and O–H groups in total. The van der Waals surface area contributed by atoms with E-state index in [2.05, 4.69) is 30.6 Å². The molecule has 0 saturated carbocycles. The molecule has 0 saturated heterocycles. The number of H-pyrrole nitrogens is 1. The summed E-state index contributed by atoms with van der Waals surface area (Å²) < 4.78 is 0. The molecule has 0 bridgehead atoms. The minimum absolute atomic E-state index is 0.280. The molecule has 0 aliphatic heterocycles. The minimum atomic E-state index is -0.285. The summed E-state index contributed by atoms with van der Waals surface area (Å²) >= 11 is 0. The molecule has 8 heteroatoms. The SMILES string of the molecule is O=C(Nc1cccc(-c2cnc(-c3cccc(NC(=O)c4ccccn4)c3)[nH]2)c1)c1ccccn1. The molecular formula is C27H20N6O2. The van der Waals surface area contributed by atoms with E-state index in [1.807, 2.05) is 48.5 Å². The highest BCUT2D eigenvalue weighted by Crippen LogP contribution is 2.26.